The quantitative estimate of drug-likeness (QED) is 0.752. The number of fused-ring (bicyclic) bond motifs is 1. The van der Waals surface area contributed by atoms with Gasteiger partial charge in [0.2, 0.25) is 0 Å². The van der Waals surface area contributed by atoms with Crippen LogP contribution in [0.25, 0.3) is 22.4 Å². The molecule has 0 fully saturated rings. The van der Waals surface area contributed by atoms with E-state index >= 15 is 0 Å². The molecule has 0 aliphatic heterocycles. The number of nitrogens with two attached hydrogens (primary N) is 1. The summed E-state index contributed by atoms with van der Waals surface area (Å²) >= 11 is 6.03. The first-order chi connectivity index (χ1) is 9.17. The summed E-state index contributed by atoms with van der Waals surface area (Å²) in [5, 5.41) is 0.332. The molecule has 3 nitrogen and oxygen atoms in total. The Morgan fingerprint density at radius 2 is 2.05 bits per heavy atom. The van der Waals surface area contributed by atoms with Gasteiger partial charge in [-0.2, -0.15) is 0 Å². The fourth-order valence-corrected chi connectivity index (χ4v) is 2.25. The number of nitrogens with zero attached hydrogens (tertiary/aromatic N) is 1. The second kappa shape index (κ2) is 4.64. The molecule has 0 aliphatic carbocycles. The van der Waals surface area contributed by atoms with Gasteiger partial charge >= 0.3 is 0 Å². The fraction of sp³-hybridized carbons (Fsp3) is 0.0714. The van der Waals surface area contributed by atoms with Crippen LogP contribution in [0.2, 0.25) is 5.02 Å². The van der Waals surface area contributed by atoms with E-state index in [9.17, 15) is 4.39 Å². The summed E-state index contributed by atoms with van der Waals surface area (Å²) in [7, 11) is 0. The van der Waals surface area contributed by atoms with E-state index in [1.54, 1.807) is 6.07 Å². The standard InChI is InChI=1S/C14H11ClFN3/c15-11-6-9(16)2-3-10(11)14-18-12-4-1-8(7-17)5-13(12)19-14/h1-6H,7,17H2,(H,18,19). The zero-order valence-corrected chi connectivity index (χ0v) is 10.7. The first kappa shape index (κ1) is 12.1. The first-order valence-corrected chi connectivity index (χ1v) is 6.19. The van der Waals surface area contributed by atoms with Gasteiger partial charge in [0, 0.05) is 12.1 Å². The van der Waals surface area contributed by atoms with Gasteiger partial charge in [0.15, 0.2) is 0 Å². The van der Waals surface area contributed by atoms with Crippen LogP contribution in [0.1, 0.15) is 5.56 Å². The molecule has 3 N–H and O–H groups in total. The molecule has 0 spiro atoms. The third-order valence-electron chi connectivity index (χ3n) is 2.97. The van der Waals surface area contributed by atoms with Gasteiger partial charge < -0.3 is 10.7 Å². The van der Waals surface area contributed by atoms with Crippen molar-refractivity contribution in [3.63, 3.8) is 0 Å². The van der Waals surface area contributed by atoms with Gasteiger partial charge in [0.1, 0.15) is 11.6 Å². The van der Waals surface area contributed by atoms with Crippen LogP contribution in [-0.4, -0.2) is 9.97 Å². The predicted molar refractivity (Wildman–Crippen MR) is 74.4 cm³/mol. The summed E-state index contributed by atoms with van der Waals surface area (Å²) in [5.41, 5.74) is 9.01. The highest BCUT2D eigenvalue weighted by atomic mass is 35.5. The summed E-state index contributed by atoms with van der Waals surface area (Å²) in [6.45, 7) is 0.474. The van der Waals surface area contributed by atoms with Crippen LogP contribution < -0.4 is 5.73 Å². The van der Waals surface area contributed by atoms with Crippen molar-refractivity contribution in [1.29, 1.82) is 0 Å². The van der Waals surface area contributed by atoms with E-state index in [-0.39, 0.29) is 5.82 Å². The molecule has 96 valence electrons. The van der Waals surface area contributed by atoms with Gasteiger partial charge in [-0.15, -0.1) is 0 Å². The molecule has 1 aromatic heterocycles. The number of nitrogens with one attached hydrogen (secondary N) is 1. The second-order valence-corrected chi connectivity index (χ2v) is 4.67. The SMILES string of the molecule is NCc1ccc2nc(-c3ccc(F)cc3Cl)[nH]c2c1. The van der Waals surface area contributed by atoms with E-state index in [0.29, 0.717) is 23.0 Å². The molecule has 0 unspecified atom stereocenters. The van der Waals surface area contributed by atoms with Crippen molar-refractivity contribution in [3.8, 4) is 11.4 Å². The van der Waals surface area contributed by atoms with Crippen molar-refractivity contribution in [2.45, 2.75) is 6.54 Å². The Morgan fingerprint density at radius 1 is 1.21 bits per heavy atom. The third-order valence-corrected chi connectivity index (χ3v) is 3.28. The molecule has 1 heterocycles. The third kappa shape index (κ3) is 2.20. The molecule has 0 aliphatic rings. The first-order valence-electron chi connectivity index (χ1n) is 5.81. The number of hydrogen-bond donors (Lipinski definition) is 2. The Kier molecular flexibility index (Phi) is 2.97. The average molecular weight is 276 g/mol. The van der Waals surface area contributed by atoms with E-state index in [0.717, 1.165) is 16.6 Å². The summed E-state index contributed by atoms with van der Waals surface area (Å²) < 4.78 is 13.0. The van der Waals surface area contributed by atoms with Gasteiger partial charge in [-0.05, 0) is 35.9 Å². The maximum absolute atomic E-state index is 13.0. The Balaban J connectivity index is 2.14. The molecular weight excluding hydrogens is 265 g/mol. The smallest absolute Gasteiger partial charge is 0.140 e. The lowest BCUT2D eigenvalue weighted by Gasteiger charge is -1.99. The molecular formula is C14H11ClFN3. The lowest BCUT2D eigenvalue weighted by molar-refractivity contribution is 0.628. The van der Waals surface area contributed by atoms with Gasteiger partial charge in [-0.1, -0.05) is 17.7 Å². The minimum Gasteiger partial charge on any atom is -0.338 e. The second-order valence-electron chi connectivity index (χ2n) is 4.27. The molecule has 3 rings (SSSR count). The molecule has 0 saturated heterocycles. The summed E-state index contributed by atoms with van der Waals surface area (Å²) in [4.78, 5) is 7.62. The van der Waals surface area contributed by atoms with Gasteiger partial charge in [0.25, 0.3) is 0 Å². The summed E-state index contributed by atoms with van der Waals surface area (Å²) in [6.07, 6.45) is 0. The minimum atomic E-state index is -0.365. The highest BCUT2D eigenvalue weighted by Crippen LogP contribution is 2.28. The van der Waals surface area contributed by atoms with Gasteiger partial charge in [0.05, 0.1) is 16.1 Å². The lowest BCUT2D eigenvalue weighted by Crippen LogP contribution is -1.95. The average Bonchev–Trinajstić information content (AvgIpc) is 2.80. The van der Waals surface area contributed by atoms with E-state index in [2.05, 4.69) is 9.97 Å². The number of rotatable bonds is 2. The largest absolute Gasteiger partial charge is 0.338 e. The van der Waals surface area contributed by atoms with Crippen LogP contribution in [0.5, 0.6) is 0 Å². The van der Waals surface area contributed by atoms with Crippen molar-refractivity contribution in [2.75, 3.05) is 0 Å². The molecule has 0 atom stereocenters. The normalized spacial score (nSPS) is 11.1. The highest BCUT2D eigenvalue weighted by molar-refractivity contribution is 6.33. The number of benzene rings is 2. The molecule has 0 saturated carbocycles. The van der Waals surface area contributed by atoms with Crippen molar-refractivity contribution < 1.29 is 4.39 Å². The van der Waals surface area contributed by atoms with Crippen molar-refractivity contribution in [3.05, 3.63) is 52.8 Å². The molecule has 3 aromatic rings. The van der Waals surface area contributed by atoms with E-state index in [1.807, 2.05) is 18.2 Å². The summed E-state index contributed by atoms with van der Waals surface area (Å²) in [6, 6.07) is 10.0. The summed E-state index contributed by atoms with van der Waals surface area (Å²) in [5.74, 6) is 0.254. The minimum absolute atomic E-state index is 0.332. The zero-order valence-electron chi connectivity index (χ0n) is 9.95. The molecule has 0 amide bonds. The molecule has 0 radical (unpaired) electrons. The van der Waals surface area contributed by atoms with Crippen LogP contribution in [0.4, 0.5) is 4.39 Å². The number of H-pyrrole nitrogens is 1. The van der Waals surface area contributed by atoms with Gasteiger partial charge in [-0.3, -0.25) is 0 Å². The maximum Gasteiger partial charge on any atom is 0.140 e. The van der Waals surface area contributed by atoms with Crippen molar-refractivity contribution in [1.82, 2.24) is 9.97 Å². The van der Waals surface area contributed by atoms with Crippen molar-refractivity contribution in [2.24, 2.45) is 5.73 Å². The Labute approximate surface area is 114 Å². The highest BCUT2D eigenvalue weighted by Gasteiger charge is 2.10. The number of hydrogen-bond acceptors (Lipinski definition) is 2. The van der Waals surface area contributed by atoms with E-state index in [4.69, 9.17) is 17.3 Å². The number of aromatic nitrogens is 2. The topological polar surface area (TPSA) is 54.7 Å². The van der Waals surface area contributed by atoms with Crippen LogP contribution in [-0.2, 0) is 6.54 Å². The molecule has 19 heavy (non-hydrogen) atoms. The van der Waals surface area contributed by atoms with Gasteiger partial charge in [-0.25, -0.2) is 9.37 Å². The zero-order chi connectivity index (χ0) is 13.4. The molecule has 5 heteroatoms. The van der Waals surface area contributed by atoms with Crippen molar-refractivity contribution >= 4 is 22.6 Å². The maximum atomic E-state index is 13.0. The van der Waals surface area contributed by atoms with Crippen LogP contribution >= 0.6 is 11.6 Å². The number of aromatic amines is 1. The fourth-order valence-electron chi connectivity index (χ4n) is 1.99. The van der Waals surface area contributed by atoms with Crippen LogP contribution in [0.15, 0.2) is 36.4 Å². The van der Waals surface area contributed by atoms with Crippen LogP contribution in [0.3, 0.4) is 0 Å². The monoisotopic (exact) mass is 275 g/mol. The lowest BCUT2D eigenvalue weighted by atomic mass is 10.2. The Bertz CT molecular complexity index is 752. The number of halogens is 2. The van der Waals surface area contributed by atoms with E-state index in [1.165, 1.54) is 12.1 Å². The Hall–Kier alpha value is -1.91. The van der Waals surface area contributed by atoms with Crippen LogP contribution in [0, 0.1) is 5.82 Å². The number of imidazole rings is 1. The van der Waals surface area contributed by atoms with E-state index < -0.39 is 0 Å². The Morgan fingerprint density at radius 3 is 2.79 bits per heavy atom. The molecule has 2 aromatic carbocycles. The predicted octanol–water partition coefficient (Wildman–Crippen LogP) is 3.48. The molecule has 0 bridgehead atoms.